The average Bonchev–Trinajstić information content (AvgIpc) is 3.01. The number of likely N-dealkylation sites (tertiary alicyclic amines) is 1. The van der Waals surface area contributed by atoms with Gasteiger partial charge in [0.25, 0.3) is 5.91 Å². The summed E-state index contributed by atoms with van der Waals surface area (Å²) in [6, 6.07) is 11.9. The van der Waals surface area contributed by atoms with Crippen molar-refractivity contribution in [2.24, 2.45) is 5.41 Å². The number of nitrogens with zero attached hydrogens (tertiary/aromatic N) is 3. The molecule has 140 valence electrons. The van der Waals surface area contributed by atoms with Crippen molar-refractivity contribution in [2.45, 2.75) is 63.2 Å². The second-order valence-corrected chi connectivity index (χ2v) is 8.54. The van der Waals surface area contributed by atoms with Gasteiger partial charge in [0.15, 0.2) is 0 Å². The van der Waals surface area contributed by atoms with Gasteiger partial charge in [-0.25, -0.2) is 4.98 Å². The van der Waals surface area contributed by atoms with Crippen LogP contribution in [-0.2, 0) is 6.42 Å². The van der Waals surface area contributed by atoms with Crippen molar-refractivity contribution in [2.75, 3.05) is 0 Å². The Bertz CT molecular complexity index is 827. The number of rotatable bonds is 3. The number of nitrogens with one attached hydrogen (secondary N) is 1. The second kappa shape index (κ2) is 6.41. The maximum Gasteiger partial charge on any atom is 0.274 e. The minimum absolute atomic E-state index is 0.0456. The maximum atomic E-state index is 13.4. The fourth-order valence-corrected chi connectivity index (χ4v) is 5.80. The molecule has 2 saturated heterocycles. The molecule has 2 bridgehead atoms. The summed E-state index contributed by atoms with van der Waals surface area (Å²) in [4.78, 5) is 24.0. The van der Waals surface area contributed by atoms with Crippen molar-refractivity contribution in [3.8, 4) is 0 Å². The minimum Gasteiger partial charge on any atom is -0.329 e. The molecule has 5 atom stereocenters. The Labute approximate surface area is 160 Å². The van der Waals surface area contributed by atoms with Gasteiger partial charge in [0.05, 0.1) is 6.20 Å². The zero-order valence-corrected chi connectivity index (χ0v) is 15.7. The van der Waals surface area contributed by atoms with Gasteiger partial charge in [0.1, 0.15) is 5.69 Å². The van der Waals surface area contributed by atoms with Gasteiger partial charge >= 0.3 is 0 Å². The zero-order valence-electron chi connectivity index (χ0n) is 15.7. The zero-order chi connectivity index (χ0) is 18.4. The molecule has 5 heteroatoms. The van der Waals surface area contributed by atoms with E-state index in [1.807, 2.05) is 0 Å². The number of benzene rings is 1. The molecule has 5 nitrogen and oxygen atoms in total. The van der Waals surface area contributed by atoms with Crippen LogP contribution in [0.15, 0.2) is 48.9 Å². The number of carbonyl (C=O) groups is 1. The van der Waals surface area contributed by atoms with Crippen molar-refractivity contribution >= 4 is 5.91 Å². The number of piperidine rings is 1. The topological polar surface area (TPSA) is 58.1 Å². The number of carbonyl (C=O) groups excluding carboxylic acids is 1. The van der Waals surface area contributed by atoms with Crippen molar-refractivity contribution in [3.63, 3.8) is 0 Å². The predicted molar refractivity (Wildman–Crippen MR) is 103 cm³/mol. The van der Waals surface area contributed by atoms with Crippen molar-refractivity contribution in [1.29, 1.82) is 0 Å². The molecule has 0 unspecified atom stereocenters. The Morgan fingerprint density at radius 1 is 1.26 bits per heavy atom. The van der Waals surface area contributed by atoms with Crippen molar-refractivity contribution in [3.05, 3.63) is 60.2 Å². The molecule has 1 aromatic heterocycles. The number of hydrogen-bond acceptors (Lipinski definition) is 4. The first-order valence-electron chi connectivity index (χ1n) is 10.1. The van der Waals surface area contributed by atoms with Crippen molar-refractivity contribution < 1.29 is 4.79 Å². The van der Waals surface area contributed by atoms with E-state index in [4.69, 9.17) is 0 Å². The summed E-state index contributed by atoms with van der Waals surface area (Å²) in [5.74, 6) is 0.0456. The maximum absolute atomic E-state index is 13.4. The lowest BCUT2D eigenvalue weighted by Crippen LogP contribution is -2.58. The van der Waals surface area contributed by atoms with Crippen LogP contribution in [0.1, 0.15) is 48.7 Å². The Morgan fingerprint density at radius 2 is 2.11 bits per heavy atom. The monoisotopic (exact) mass is 362 g/mol. The molecule has 3 fully saturated rings. The van der Waals surface area contributed by atoms with E-state index >= 15 is 0 Å². The van der Waals surface area contributed by atoms with Crippen LogP contribution in [0.25, 0.3) is 0 Å². The Hall–Kier alpha value is -2.27. The van der Waals surface area contributed by atoms with Crippen LogP contribution in [0.3, 0.4) is 0 Å². The molecule has 1 aromatic carbocycles. The van der Waals surface area contributed by atoms with Gasteiger partial charge < -0.3 is 10.2 Å². The molecule has 2 aromatic rings. The van der Waals surface area contributed by atoms with Crippen LogP contribution in [0, 0.1) is 5.41 Å². The lowest BCUT2D eigenvalue weighted by molar-refractivity contribution is 0.0553. The molecule has 1 amide bonds. The first-order valence-corrected chi connectivity index (χ1v) is 10.1. The van der Waals surface area contributed by atoms with Crippen LogP contribution in [0.2, 0.25) is 0 Å². The third-order valence-electron chi connectivity index (χ3n) is 7.06. The molecule has 3 heterocycles. The molecule has 1 saturated carbocycles. The molecule has 27 heavy (non-hydrogen) atoms. The van der Waals surface area contributed by atoms with Gasteiger partial charge in [-0.05, 0) is 37.7 Å². The quantitative estimate of drug-likeness (QED) is 0.912. The molecule has 3 aliphatic rings. The fourth-order valence-electron chi connectivity index (χ4n) is 5.80. The smallest absolute Gasteiger partial charge is 0.274 e. The van der Waals surface area contributed by atoms with Gasteiger partial charge in [-0.2, -0.15) is 0 Å². The van der Waals surface area contributed by atoms with E-state index in [2.05, 4.69) is 57.4 Å². The average molecular weight is 362 g/mol. The molecule has 1 aliphatic carbocycles. The summed E-state index contributed by atoms with van der Waals surface area (Å²) in [6.45, 7) is 2.38. The molecular weight excluding hydrogens is 336 g/mol. The van der Waals surface area contributed by atoms with E-state index in [1.54, 1.807) is 18.6 Å². The summed E-state index contributed by atoms with van der Waals surface area (Å²) in [7, 11) is 0. The highest BCUT2D eigenvalue weighted by atomic mass is 16.2. The largest absolute Gasteiger partial charge is 0.329 e. The van der Waals surface area contributed by atoms with E-state index in [1.165, 1.54) is 18.4 Å². The van der Waals surface area contributed by atoms with Gasteiger partial charge in [0.2, 0.25) is 0 Å². The molecule has 5 rings (SSSR count). The predicted octanol–water partition coefficient (Wildman–Crippen LogP) is 2.83. The van der Waals surface area contributed by atoms with E-state index in [-0.39, 0.29) is 23.4 Å². The van der Waals surface area contributed by atoms with E-state index in [0.29, 0.717) is 17.8 Å². The van der Waals surface area contributed by atoms with E-state index in [0.717, 1.165) is 19.3 Å². The van der Waals surface area contributed by atoms with Gasteiger partial charge in [-0.1, -0.05) is 37.3 Å². The van der Waals surface area contributed by atoms with E-state index < -0.39 is 0 Å². The number of hydrogen-bond donors (Lipinski definition) is 1. The van der Waals surface area contributed by atoms with E-state index in [9.17, 15) is 4.79 Å². The number of amides is 1. The minimum atomic E-state index is 0.0456. The molecule has 0 spiro atoms. The Balaban J connectivity index is 1.51. The third kappa shape index (κ3) is 2.67. The van der Waals surface area contributed by atoms with Crippen LogP contribution < -0.4 is 5.32 Å². The first kappa shape index (κ1) is 16.9. The number of aromatic nitrogens is 2. The highest BCUT2D eigenvalue weighted by Crippen LogP contribution is 2.53. The Kier molecular flexibility index (Phi) is 4.01. The molecule has 2 aliphatic heterocycles. The van der Waals surface area contributed by atoms with Crippen LogP contribution >= 0.6 is 0 Å². The lowest BCUT2D eigenvalue weighted by atomic mass is 9.65. The summed E-state index contributed by atoms with van der Waals surface area (Å²) in [5, 5.41) is 3.94. The lowest BCUT2D eigenvalue weighted by Gasteiger charge is -2.46. The fraction of sp³-hybridized carbons (Fsp3) is 0.500. The van der Waals surface area contributed by atoms with Crippen LogP contribution in [0.4, 0.5) is 0 Å². The molecule has 0 radical (unpaired) electrons. The highest BCUT2D eigenvalue weighted by Gasteiger charge is 2.61. The van der Waals surface area contributed by atoms with Crippen molar-refractivity contribution in [1.82, 2.24) is 20.2 Å². The summed E-state index contributed by atoms with van der Waals surface area (Å²) in [5.41, 5.74) is 1.95. The highest BCUT2D eigenvalue weighted by molar-refractivity contribution is 5.93. The van der Waals surface area contributed by atoms with Gasteiger partial charge in [0, 0.05) is 42.0 Å². The number of fused-ring (bicyclic) bond motifs is 1. The summed E-state index contributed by atoms with van der Waals surface area (Å²) >= 11 is 0. The third-order valence-corrected chi connectivity index (χ3v) is 7.06. The standard InChI is InChI=1S/C22H26N4O/c1-22-13-18-16(12-15-6-3-2-4-7-15)25-19(22)8-5-9-20(22)26(18)21(27)17-14-23-10-11-24-17/h2-4,6-7,10-11,14,16,18-20,25H,5,8-9,12-13H2,1H3/t16-,18+,19-,20+,22-/m1/s1. The molecular formula is C22H26N4O. The molecule has 1 N–H and O–H groups in total. The first-order chi connectivity index (χ1) is 13.2. The van der Waals surface area contributed by atoms with Crippen LogP contribution in [-0.4, -0.2) is 44.9 Å². The van der Waals surface area contributed by atoms with Gasteiger partial charge in [-0.15, -0.1) is 0 Å². The van der Waals surface area contributed by atoms with Crippen LogP contribution in [0.5, 0.6) is 0 Å². The normalized spacial score (nSPS) is 34.5. The second-order valence-electron chi connectivity index (χ2n) is 8.54. The SMILES string of the molecule is C[C@@]12C[C@H]3[C@@H](Cc4ccccc4)N[C@@H]1CCC[C@@H]2N3C(=O)c1cnccn1. The summed E-state index contributed by atoms with van der Waals surface area (Å²) < 4.78 is 0. The Morgan fingerprint density at radius 3 is 2.89 bits per heavy atom. The van der Waals surface area contributed by atoms with Gasteiger partial charge in [-0.3, -0.25) is 9.78 Å². The summed E-state index contributed by atoms with van der Waals surface area (Å²) in [6.07, 6.45) is 10.3.